The number of hydrogen-bond donors (Lipinski definition) is 1. The fraction of sp³-hybridized carbons (Fsp3) is 0.310. The molecule has 3 heterocycles. The topological polar surface area (TPSA) is 96.8 Å². The first kappa shape index (κ1) is 24.9. The number of ether oxygens (including phenoxy) is 1. The Bertz CT molecular complexity index is 1470. The molecule has 2 aliphatic heterocycles. The van der Waals surface area contributed by atoms with Gasteiger partial charge < -0.3 is 9.84 Å². The predicted octanol–water partition coefficient (Wildman–Crippen LogP) is 5.73. The molecular weight excluding hydrogens is 488 g/mol. The van der Waals surface area contributed by atoms with E-state index in [4.69, 9.17) is 4.74 Å². The van der Waals surface area contributed by atoms with Crippen molar-refractivity contribution in [2.45, 2.75) is 59.1 Å². The van der Waals surface area contributed by atoms with E-state index in [1.165, 1.54) is 11.8 Å². The lowest BCUT2D eigenvalue weighted by Gasteiger charge is -2.23. The Hall–Kier alpha value is -3.78. The highest BCUT2D eigenvalue weighted by atomic mass is 32.1. The number of hydrogen-bond acceptors (Lipinski definition) is 7. The number of thiazole rings is 1. The molecule has 5 rings (SSSR count). The third kappa shape index (κ3) is 4.25. The van der Waals surface area contributed by atoms with Crippen molar-refractivity contribution in [1.82, 2.24) is 4.98 Å². The second kappa shape index (κ2) is 9.27. The van der Waals surface area contributed by atoms with Crippen molar-refractivity contribution >= 4 is 39.7 Å². The van der Waals surface area contributed by atoms with E-state index in [0.29, 0.717) is 34.0 Å². The van der Waals surface area contributed by atoms with Crippen LogP contribution in [0.5, 0.6) is 5.75 Å². The monoisotopic (exact) mass is 516 g/mol. The summed E-state index contributed by atoms with van der Waals surface area (Å²) in [7, 11) is 0. The quantitative estimate of drug-likeness (QED) is 0.201. The summed E-state index contributed by atoms with van der Waals surface area (Å²) in [6, 6.07) is 12.1. The number of carbonyl (C=O) groups excluding carboxylic acids is 3. The first-order chi connectivity index (χ1) is 17.6. The number of Topliss-reactive ketones (excluding diaryl/α,β-unsaturated/α-hetero) is 2. The molecule has 0 bridgehead atoms. The standard InChI is InChI=1S/C29H28N2O5S/c1-14(2)18-6-8-19(9-7-18)24-23(25(33)20-10-11-22-21(13-20)12-15(3)36-22)26(34)28(35)31(24)29-30-16(4)27(37-29)17(5)32/h6-11,13-15,24,33H,12H2,1-5H3/b25-23+. The van der Waals surface area contributed by atoms with Gasteiger partial charge in [-0.1, -0.05) is 49.4 Å². The number of benzene rings is 2. The maximum absolute atomic E-state index is 13.5. The number of amides is 1. The van der Waals surface area contributed by atoms with Crippen LogP contribution in [0.25, 0.3) is 5.76 Å². The third-order valence-corrected chi connectivity index (χ3v) is 8.10. The number of carbonyl (C=O) groups is 3. The Kier molecular flexibility index (Phi) is 6.23. The van der Waals surface area contributed by atoms with Gasteiger partial charge in [0.05, 0.1) is 22.2 Å². The summed E-state index contributed by atoms with van der Waals surface area (Å²) in [4.78, 5) is 45.2. The van der Waals surface area contributed by atoms with Crippen LogP contribution in [-0.2, 0) is 16.0 Å². The Morgan fingerprint density at radius 1 is 1.16 bits per heavy atom. The molecule has 2 aromatic carbocycles. The van der Waals surface area contributed by atoms with Crippen LogP contribution < -0.4 is 9.64 Å². The van der Waals surface area contributed by atoms with E-state index in [1.807, 2.05) is 37.3 Å². The van der Waals surface area contributed by atoms with Crippen molar-refractivity contribution in [3.05, 3.63) is 80.9 Å². The molecule has 3 aromatic rings. The van der Waals surface area contributed by atoms with E-state index in [1.54, 1.807) is 19.1 Å². The summed E-state index contributed by atoms with van der Waals surface area (Å²) >= 11 is 1.07. The Balaban J connectivity index is 1.69. The number of anilines is 1. The molecule has 0 aliphatic carbocycles. The Morgan fingerprint density at radius 2 is 1.86 bits per heavy atom. The van der Waals surface area contributed by atoms with Gasteiger partial charge in [-0.3, -0.25) is 19.3 Å². The van der Waals surface area contributed by atoms with Crippen molar-refractivity contribution in [2.75, 3.05) is 4.90 Å². The summed E-state index contributed by atoms with van der Waals surface area (Å²) in [6.07, 6.45) is 0.720. The highest BCUT2D eigenvalue weighted by molar-refractivity contribution is 7.18. The second-order valence-electron chi connectivity index (χ2n) is 9.91. The van der Waals surface area contributed by atoms with Crippen molar-refractivity contribution in [3.8, 4) is 5.75 Å². The lowest BCUT2D eigenvalue weighted by Crippen LogP contribution is -2.29. The lowest BCUT2D eigenvalue weighted by molar-refractivity contribution is -0.132. The molecule has 1 aromatic heterocycles. The van der Waals surface area contributed by atoms with E-state index in [9.17, 15) is 19.5 Å². The van der Waals surface area contributed by atoms with Gasteiger partial charge in [0, 0.05) is 18.9 Å². The van der Waals surface area contributed by atoms with Gasteiger partial charge in [-0.25, -0.2) is 4.98 Å². The van der Waals surface area contributed by atoms with Crippen molar-refractivity contribution in [1.29, 1.82) is 0 Å². The molecule has 1 amide bonds. The van der Waals surface area contributed by atoms with Crippen LogP contribution in [0, 0.1) is 6.92 Å². The van der Waals surface area contributed by atoms with Gasteiger partial charge >= 0.3 is 5.91 Å². The van der Waals surface area contributed by atoms with E-state index >= 15 is 0 Å². The van der Waals surface area contributed by atoms with Gasteiger partial charge in [-0.2, -0.15) is 0 Å². The first-order valence-electron chi connectivity index (χ1n) is 12.3. The molecule has 2 aliphatic rings. The summed E-state index contributed by atoms with van der Waals surface area (Å²) in [6.45, 7) is 9.28. The van der Waals surface area contributed by atoms with Crippen LogP contribution >= 0.6 is 11.3 Å². The summed E-state index contributed by atoms with van der Waals surface area (Å²) in [5, 5.41) is 11.7. The van der Waals surface area contributed by atoms with Gasteiger partial charge in [0.15, 0.2) is 10.9 Å². The molecule has 0 spiro atoms. The average molecular weight is 517 g/mol. The van der Waals surface area contributed by atoms with E-state index in [-0.39, 0.29) is 28.4 Å². The van der Waals surface area contributed by atoms with Crippen LogP contribution in [0.4, 0.5) is 5.13 Å². The zero-order valence-corrected chi connectivity index (χ0v) is 22.2. The molecule has 0 saturated carbocycles. The van der Waals surface area contributed by atoms with E-state index < -0.39 is 17.7 Å². The molecule has 0 radical (unpaired) electrons. The van der Waals surface area contributed by atoms with Crippen molar-refractivity contribution < 1.29 is 24.2 Å². The maximum atomic E-state index is 13.5. The molecule has 37 heavy (non-hydrogen) atoms. The van der Waals surface area contributed by atoms with Crippen LogP contribution in [0.3, 0.4) is 0 Å². The number of aliphatic hydroxyl groups is 1. The molecule has 1 fully saturated rings. The smallest absolute Gasteiger partial charge is 0.301 e. The highest BCUT2D eigenvalue weighted by Crippen LogP contribution is 2.44. The SMILES string of the molecule is CC(=O)c1sc(N2C(=O)C(=O)/C(=C(/O)c3ccc4c(c3)CC(C)O4)C2c2ccc(C(C)C)cc2)nc1C. The van der Waals surface area contributed by atoms with E-state index in [2.05, 4.69) is 18.8 Å². The minimum Gasteiger partial charge on any atom is -0.507 e. The minimum absolute atomic E-state index is 0.00793. The molecule has 2 unspecified atom stereocenters. The number of fused-ring (bicyclic) bond motifs is 1. The molecule has 2 atom stereocenters. The van der Waals surface area contributed by atoms with Gasteiger partial charge in [0.1, 0.15) is 17.6 Å². The zero-order valence-electron chi connectivity index (χ0n) is 21.4. The number of aryl methyl sites for hydroxylation is 1. The number of rotatable bonds is 5. The molecule has 1 N–H and O–H groups in total. The minimum atomic E-state index is -0.894. The van der Waals surface area contributed by atoms with Crippen LogP contribution in [0.15, 0.2) is 48.0 Å². The fourth-order valence-electron chi connectivity index (χ4n) is 4.95. The third-order valence-electron chi connectivity index (χ3n) is 6.84. The van der Waals surface area contributed by atoms with Crippen LogP contribution in [0.1, 0.15) is 77.3 Å². The van der Waals surface area contributed by atoms with Gasteiger partial charge in [-0.15, -0.1) is 0 Å². The number of aromatic nitrogens is 1. The number of nitrogens with zero attached hydrogens (tertiary/aromatic N) is 2. The number of ketones is 2. The van der Waals surface area contributed by atoms with Crippen molar-refractivity contribution in [3.63, 3.8) is 0 Å². The number of aliphatic hydroxyl groups excluding tert-OH is 1. The Morgan fingerprint density at radius 3 is 2.49 bits per heavy atom. The normalized spacial score (nSPS) is 20.4. The fourth-order valence-corrected chi connectivity index (χ4v) is 5.93. The molecule has 8 heteroatoms. The van der Waals surface area contributed by atoms with Crippen LogP contribution in [-0.4, -0.2) is 33.7 Å². The van der Waals surface area contributed by atoms with Crippen molar-refractivity contribution in [2.24, 2.45) is 0 Å². The van der Waals surface area contributed by atoms with Gasteiger partial charge in [-0.05, 0) is 54.7 Å². The maximum Gasteiger partial charge on any atom is 0.301 e. The summed E-state index contributed by atoms with van der Waals surface area (Å²) in [5.41, 5.74) is 3.64. The van der Waals surface area contributed by atoms with E-state index in [0.717, 1.165) is 28.2 Å². The largest absolute Gasteiger partial charge is 0.507 e. The lowest BCUT2D eigenvalue weighted by atomic mass is 9.93. The highest BCUT2D eigenvalue weighted by Gasteiger charge is 2.48. The summed E-state index contributed by atoms with van der Waals surface area (Å²) in [5.74, 6) is -0.942. The zero-order chi connectivity index (χ0) is 26.6. The molecular formula is C29H28N2O5S. The first-order valence-corrected chi connectivity index (χ1v) is 13.1. The van der Waals surface area contributed by atoms with Crippen LogP contribution in [0.2, 0.25) is 0 Å². The molecule has 7 nitrogen and oxygen atoms in total. The van der Waals surface area contributed by atoms with Gasteiger partial charge in [0.2, 0.25) is 0 Å². The summed E-state index contributed by atoms with van der Waals surface area (Å²) < 4.78 is 5.77. The second-order valence-corrected chi connectivity index (χ2v) is 10.9. The predicted molar refractivity (Wildman–Crippen MR) is 142 cm³/mol. The Labute approximate surface area is 219 Å². The molecule has 190 valence electrons. The molecule has 1 saturated heterocycles. The average Bonchev–Trinajstić information content (AvgIpc) is 3.50. The van der Waals surface area contributed by atoms with Gasteiger partial charge in [0.25, 0.3) is 5.78 Å².